The molecule has 0 bridgehead atoms. The summed E-state index contributed by atoms with van der Waals surface area (Å²) >= 11 is 0. The Hall–Kier alpha value is -2.35. The van der Waals surface area contributed by atoms with E-state index in [2.05, 4.69) is 16.2 Å². The molecule has 80 valence electrons. The fraction of sp³-hybridized carbons (Fsp3) is 0.182. The van der Waals surface area contributed by atoms with Crippen LogP contribution in [0.5, 0.6) is 0 Å². The lowest BCUT2D eigenvalue weighted by Crippen LogP contribution is -2.03. The molecule has 0 aliphatic heterocycles. The summed E-state index contributed by atoms with van der Waals surface area (Å²) in [6, 6.07) is 3.92. The molecule has 2 heterocycles. The lowest BCUT2D eigenvalue weighted by molar-refractivity contribution is 0.845. The van der Waals surface area contributed by atoms with Crippen LogP contribution in [0, 0.1) is 25.2 Å². The van der Waals surface area contributed by atoms with E-state index in [-0.39, 0.29) is 0 Å². The van der Waals surface area contributed by atoms with Crippen molar-refractivity contribution in [1.82, 2.24) is 14.8 Å². The van der Waals surface area contributed by atoms with Crippen molar-refractivity contribution in [2.45, 2.75) is 13.8 Å². The highest BCUT2D eigenvalue weighted by atomic mass is 15.3. The van der Waals surface area contributed by atoms with Crippen LogP contribution in [0.25, 0.3) is 5.82 Å². The first-order valence-electron chi connectivity index (χ1n) is 4.81. The number of rotatable bonds is 1. The Balaban J connectivity index is 2.65. The van der Waals surface area contributed by atoms with Crippen molar-refractivity contribution in [2.75, 3.05) is 5.73 Å². The first-order chi connectivity index (χ1) is 7.63. The van der Waals surface area contributed by atoms with Crippen LogP contribution in [0.1, 0.15) is 16.7 Å². The highest BCUT2D eigenvalue weighted by Crippen LogP contribution is 2.16. The van der Waals surface area contributed by atoms with Gasteiger partial charge in [-0.3, -0.25) is 0 Å². The fourth-order valence-electron chi connectivity index (χ4n) is 1.44. The van der Waals surface area contributed by atoms with Crippen LogP contribution < -0.4 is 5.73 Å². The van der Waals surface area contributed by atoms with Crippen LogP contribution in [0.2, 0.25) is 0 Å². The van der Waals surface area contributed by atoms with Crippen molar-refractivity contribution in [2.24, 2.45) is 0 Å². The quantitative estimate of drug-likeness (QED) is 0.775. The second-order valence-electron chi connectivity index (χ2n) is 3.58. The van der Waals surface area contributed by atoms with Crippen LogP contribution in [-0.2, 0) is 0 Å². The van der Waals surface area contributed by atoms with Gasteiger partial charge in [-0.15, -0.1) is 5.10 Å². The molecule has 5 nitrogen and oxygen atoms in total. The molecule has 16 heavy (non-hydrogen) atoms. The van der Waals surface area contributed by atoms with Gasteiger partial charge in [-0.05, 0) is 25.5 Å². The number of hydrogen-bond donors (Lipinski definition) is 1. The maximum absolute atomic E-state index is 9.07. The molecule has 2 N–H and O–H groups in total. The zero-order valence-electron chi connectivity index (χ0n) is 9.10. The van der Waals surface area contributed by atoms with Gasteiger partial charge in [0, 0.05) is 18.0 Å². The normalized spacial score (nSPS) is 10.1. The SMILES string of the molecule is Cc1cn(-c2nccc(C)c2C#N)nc1N. The maximum atomic E-state index is 9.07. The minimum Gasteiger partial charge on any atom is -0.382 e. The predicted molar refractivity (Wildman–Crippen MR) is 60.0 cm³/mol. The smallest absolute Gasteiger partial charge is 0.171 e. The summed E-state index contributed by atoms with van der Waals surface area (Å²) in [5, 5.41) is 13.2. The first-order valence-corrected chi connectivity index (χ1v) is 4.81. The monoisotopic (exact) mass is 213 g/mol. The third-order valence-corrected chi connectivity index (χ3v) is 2.40. The van der Waals surface area contributed by atoms with Gasteiger partial charge < -0.3 is 5.73 Å². The summed E-state index contributed by atoms with van der Waals surface area (Å²) in [5.74, 6) is 0.967. The lowest BCUT2D eigenvalue weighted by atomic mass is 10.1. The highest BCUT2D eigenvalue weighted by Gasteiger charge is 2.10. The van der Waals surface area contributed by atoms with Gasteiger partial charge in [0.05, 0.1) is 5.56 Å². The minimum atomic E-state index is 0.451. The number of hydrogen-bond acceptors (Lipinski definition) is 4. The molecule has 0 aromatic carbocycles. The molecule has 0 amide bonds. The van der Waals surface area contributed by atoms with Crippen LogP contribution in [0.3, 0.4) is 0 Å². The van der Waals surface area contributed by atoms with Crippen molar-refractivity contribution >= 4 is 5.82 Å². The summed E-state index contributed by atoms with van der Waals surface area (Å²) in [4.78, 5) is 4.16. The van der Waals surface area contributed by atoms with Crippen molar-refractivity contribution < 1.29 is 0 Å². The van der Waals surface area contributed by atoms with Gasteiger partial charge >= 0.3 is 0 Å². The molecule has 0 saturated heterocycles. The number of pyridine rings is 1. The van der Waals surface area contributed by atoms with Crippen molar-refractivity contribution in [3.63, 3.8) is 0 Å². The van der Waals surface area contributed by atoms with Gasteiger partial charge in [0.2, 0.25) is 0 Å². The van der Waals surface area contributed by atoms with Crippen LogP contribution >= 0.6 is 0 Å². The Labute approximate surface area is 93.1 Å². The molecule has 0 atom stereocenters. The van der Waals surface area contributed by atoms with Gasteiger partial charge in [-0.25, -0.2) is 9.67 Å². The largest absolute Gasteiger partial charge is 0.382 e. The molecular weight excluding hydrogens is 202 g/mol. The van der Waals surface area contributed by atoms with E-state index in [0.29, 0.717) is 17.2 Å². The molecule has 0 saturated carbocycles. The third kappa shape index (κ3) is 1.50. The summed E-state index contributed by atoms with van der Waals surface area (Å²) in [5.41, 5.74) is 7.93. The molecule has 2 aromatic heterocycles. The van der Waals surface area contributed by atoms with Gasteiger partial charge in [0.1, 0.15) is 11.9 Å². The molecule has 2 aromatic rings. The number of anilines is 1. The predicted octanol–water partition coefficient (Wildman–Crippen LogP) is 1.34. The molecule has 5 heteroatoms. The number of nitrogens with zero attached hydrogens (tertiary/aromatic N) is 4. The van der Waals surface area contributed by atoms with E-state index >= 15 is 0 Å². The Morgan fingerprint density at radius 3 is 2.69 bits per heavy atom. The topological polar surface area (TPSA) is 80.5 Å². The van der Waals surface area contributed by atoms with Gasteiger partial charge in [0.15, 0.2) is 5.82 Å². The van der Waals surface area contributed by atoms with E-state index in [4.69, 9.17) is 11.0 Å². The summed E-state index contributed by atoms with van der Waals surface area (Å²) < 4.78 is 1.54. The number of nitrogens with two attached hydrogens (primary N) is 1. The Kier molecular flexibility index (Phi) is 2.33. The molecule has 0 aliphatic carbocycles. The molecule has 0 spiro atoms. The molecular formula is C11H11N5. The second kappa shape index (κ2) is 3.66. The van der Waals surface area contributed by atoms with E-state index in [1.54, 1.807) is 18.5 Å². The van der Waals surface area contributed by atoms with E-state index in [1.165, 1.54) is 4.68 Å². The Morgan fingerprint density at radius 1 is 1.38 bits per heavy atom. The number of nitrogen functional groups attached to an aromatic ring is 1. The lowest BCUT2D eigenvalue weighted by Gasteiger charge is -2.04. The average molecular weight is 213 g/mol. The molecule has 0 radical (unpaired) electrons. The highest BCUT2D eigenvalue weighted by molar-refractivity contribution is 5.49. The minimum absolute atomic E-state index is 0.451. The van der Waals surface area contributed by atoms with E-state index in [1.807, 2.05) is 13.8 Å². The Bertz CT molecular complexity index is 557. The maximum Gasteiger partial charge on any atom is 0.171 e. The van der Waals surface area contributed by atoms with Gasteiger partial charge in [-0.2, -0.15) is 5.26 Å². The molecule has 0 unspecified atom stereocenters. The van der Waals surface area contributed by atoms with Crippen molar-refractivity contribution in [3.05, 3.63) is 35.2 Å². The van der Waals surface area contributed by atoms with E-state index in [9.17, 15) is 0 Å². The summed E-state index contributed by atoms with van der Waals surface area (Å²) in [6.07, 6.45) is 3.41. The van der Waals surface area contributed by atoms with Crippen LogP contribution in [-0.4, -0.2) is 14.8 Å². The third-order valence-electron chi connectivity index (χ3n) is 2.40. The summed E-state index contributed by atoms with van der Waals surface area (Å²) in [6.45, 7) is 3.73. The second-order valence-corrected chi connectivity index (χ2v) is 3.58. The van der Waals surface area contributed by atoms with E-state index in [0.717, 1.165) is 11.1 Å². The van der Waals surface area contributed by atoms with Crippen molar-refractivity contribution in [3.8, 4) is 11.9 Å². The average Bonchev–Trinajstić information content (AvgIpc) is 2.59. The summed E-state index contributed by atoms with van der Waals surface area (Å²) in [7, 11) is 0. The van der Waals surface area contributed by atoms with Crippen LogP contribution in [0.15, 0.2) is 18.5 Å². The van der Waals surface area contributed by atoms with Gasteiger partial charge in [0.25, 0.3) is 0 Å². The van der Waals surface area contributed by atoms with Crippen molar-refractivity contribution in [1.29, 1.82) is 5.26 Å². The molecule has 0 aliphatic rings. The zero-order valence-corrected chi connectivity index (χ0v) is 9.10. The number of aromatic nitrogens is 3. The number of aryl methyl sites for hydroxylation is 2. The Morgan fingerprint density at radius 2 is 2.12 bits per heavy atom. The van der Waals surface area contributed by atoms with Crippen LogP contribution in [0.4, 0.5) is 5.82 Å². The standard InChI is InChI=1S/C11H11N5/c1-7-3-4-14-11(9(7)5-12)16-6-8(2)10(13)15-16/h3-4,6H,1-2H3,(H2,13,15). The number of nitriles is 1. The molecule has 2 rings (SSSR count). The van der Waals surface area contributed by atoms with E-state index < -0.39 is 0 Å². The zero-order chi connectivity index (χ0) is 11.7. The molecule has 0 fully saturated rings. The van der Waals surface area contributed by atoms with Gasteiger partial charge in [-0.1, -0.05) is 0 Å². The first kappa shape index (κ1) is 10.2. The fourth-order valence-corrected chi connectivity index (χ4v) is 1.44.